The average Bonchev–Trinajstić information content (AvgIpc) is 2.93. The minimum absolute atomic E-state index is 0.134. The van der Waals surface area contributed by atoms with Gasteiger partial charge < -0.3 is 19.9 Å². The lowest BCUT2D eigenvalue weighted by molar-refractivity contribution is 0.0704. The zero-order valence-corrected chi connectivity index (χ0v) is 22.2. The fourth-order valence-electron chi connectivity index (χ4n) is 4.31. The molecule has 9 heteroatoms. The molecule has 1 aliphatic rings. The molecule has 0 bridgehead atoms. The van der Waals surface area contributed by atoms with Gasteiger partial charge in [0.15, 0.2) is 0 Å². The van der Waals surface area contributed by atoms with Gasteiger partial charge in [0.2, 0.25) is 0 Å². The van der Waals surface area contributed by atoms with Gasteiger partial charge in [-0.15, -0.1) is 0 Å². The Balaban J connectivity index is 1.31. The molecule has 0 unspecified atom stereocenters. The van der Waals surface area contributed by atoms with Crippen LogP contribution in [0.25, 0.3) is 0 Å². The molecule has 7 nitrogen and oxygen atoms in total. The highest BCUT2D eigenvalue weighted by atomic mass is 35.5. The number of carbonyl (C=O) groups excluding carboxylic acids is 2. The molecule has 1 heterocycles. The molecule has 1 fully saturated rings. The first kappa shape index (κ1) is 27.4. The van der Waals surface area contributed by atoms with Crippen molar-refractivity contribution < 1.29 is 18.7 Å². The van der Waals surface area contributed by atoms with Crippen molar-refractivity contribution in [1.82, 2.24) is 14.7 Å². The predicted octanol–water partition coefficient (Wildman–Crippen LogP) is 5.37. The molecular formula is C29H32ClFN4O3. The molecule has 0 saturated carbocycles. The van der Waals surface area contributed by atoms with Crippen molar-refractivity contribution in [2.24, 2.45) is 0 Å². The third-order valence-electron chi connectivity index (χ3n) is 6.41. The van der Waals surface area contributed by atoms with E-state index < -0.39 is 0 Å². The fraction of sp³-hybridized carbons (Fsp3) is 0.310. The summed E-state index contributed by atoms with van der Waals surface area (Å²) in [5, 5.41) is 3.43. The number of ether oxygens (including phenoxy) is 1. The molecular weight excluding hydrogens is 507 g/mol. The molecule has 0 aromatic heterocycles. The Kier molecular flexibility index (Phi) is 9.56. The highest BCUT2D eigenvalue weighted by Crippen LogP contribution is 2.18. The number of benzene rings is 3. The van der Waals surface area contributed by atoms with Crippen molar-refractivity contribution in [2.75, 3.05) is 51.2 Å². The van der Waals surface area contributed by atoms with E-state index in [2.05, 4.69) is 10.2 Å². The molecule has 0 aliphatic carbocycles. The van der Waals surface area contributed by atoms with Gasteiger partial charge in [-0.25, -0.2) is 9.18 Å². The molecule has 0 radical (unpaired) electrons. The molecule has 1 N–H and O–H groups in total. The summed E-state index contributed by atoms with van der Waals surface area (Å²) in [5.74, 6) is 0.317. The minimum atomic E-state index is -0.314. The van der Waals surface area contributed by atoms with E-state index >= 15 is 0 Å². The van der Waals surface area contributed by atoms with E-state index in [0.717, 1.165) is 17.0 Å². The van der Waals surface area contributed by atoms with Crippen LogP contribution in [-0.2, 0) is 6.54 Å². The van der Waals surface area contributed by atoms with Crippen molar-refractivity contribution in [3.05, 3.63) is 94.8 Å². The van der Waals surface area contributed by atoms with Crippen LogP contribution >= 0.6 is 11.6 Å². The maximum absolute atomic E-state index is 13.4. The zero-order valence-electron chi connectivity index (χ0n) is 21.4. The Morgan fingerprint density at radius 3 is 2.37 bits per heavy atom. The number of halogens is 2. The van der Waals surface area contributed by atoms with Crippen LogP contribution in [0.15, 0.2) is 72.8 Å². The topological polar surface area (TPSA) is 65.1 Å². The highest BCUT2D eigenvalue weighted by Gasteiger charge is 2.23. The van der Waals surface area contributed by atoms with Crippen molar-refractivity contribution in [3.63, 3.8) is 0 Å². The number of rotatable bonds is 9. The van der Waals surface area contributed by atoms with Gasteiger partial charge in [0.1, 0.15) is 11.6 Å². The number of hydrogen-bond donors (Lipinski definition) is 1. The van der Waals surface area contributed by atoms with Crippen LogP contribution in [0.2, 0.25) is 5.02 Å². The van der Waals surface area contributed by atoms with E-state index in [4.69, 9.17) is 16.3 Å². The first-order valence-corrected chi connectivity index (χ1v) is 13.1. The summed E-state index contributed by atoms with van der Waals surface area (Å²) in [5.41, 5.74) is 2.07. The van der Waals surface area contributed by atoms with Gasteiger partial charge in [0, 0.05) is 62.1 Å². The van der Waals surface area contributed by atoms with E-state index in [0.29, 0.717) is 63.0 Å². The number of urea groups is 1. The summed E-state index contributed by atoms with van der Waals surface area (Å²) in [6.07, 6.45) is 0. The second-order valence-electron chi connectivity index (χ2n) is 9.08. The van der Waals surface area contributed by atoms with Gasteiger partial charge >= 0.3 is 6.03 Å². The van der Waals surface area contributed by atoms with Gasteiger partial charge in [-0.3, -0.25) is 9.69 Å². The van der Waals surface area contributed by atoms with Gasteiger partial charge in [-0.1, -0.05) is 29.8 Å². The number of nitrogens with one attached hydrogen (secondary N) is 1. The SMILES string of the molecule is CCOc1ccc(NC(=O)N2CCN(CCN(Cc3ccc(F)cc3)C(=O)c3cccc(Cl)c3)CC2)cc1. The van der Waals surface area contributed by atoms with E-state index in [9.17, 15) is 14.0 Å². The zero-order chi connectivity index (χ0) is 26.9. The van der Waals surface area contributed by atoms with Crippen molar-refractivity contribution in [3.8, 4) is 5.75 Å². The summed E-state index contributed by atoms with van der Waals surface area (Å²) in [6, 6.07) is 20.2. The summed E-state index contributed by atoms with van der Waals surface area (Å²) >= 11 is 6.12. The summed E-state index contributed by atoms with van der Waals surface area (Å²) in [4.78, 5) is 31.8. The van der Waals surface area contributed by atoms with Gasteiger partial charge in [-0.2, -0.15) is 0 Å². The summed E-state index contributed by atoms with van der Waals surface area (Å²) in [6.45, 7) is 6.59. The first-order chi connectivity index (χ1) is 18.4. The highest BCUT2D eigenvalue weighted by molar-refractivity contribution is 6.30. The van der Waals surface area contributed by atoms with Crippen LogP contribution in [0.5, 0.6) is 5.75 Å². The normalized spacial score (nSPS) is 13.7. The number of anilines is 1. The lowest BCUT2D eigenvalue weighted by Gasteiger charge is -2.36. The van der Waals surface area contributed by atoms with Crippen molar-refractivity contribution in [1.29, 1.82) is 0 Å². The molecule has 0 spiro atoms. The standard InChI is InChI=1S/C29H32ClFN4O3/c1-2-38-27-12-10-26(11-13-27)32-29(37)34-17-14-33(15-18-34)16-19-35(21-22-6-8-25(31)9-7-22)28(36)23-4-3-5-24(30)20-23/h3-13,20H,2,14-19,21H2,1H3,(H,32,37). The molecule has 3 amide bonds. The Labute approximate surface area is 227 Å². The molecule has 38 heavy (non-hydrogen) atoms. The average molecular weight is 539 g/mol. The van der Waals surface area contributed by atoms with E-state index in [1.165, 1.54) is 12.1 Å². The Hall–Kier alpha value is -3.62. The molecule has 3 aromatic rings. The van der Waals surface area contributed by atoms with Crippen molar-refractivity contribution in [2.45, 2.75) is 13.5 Å². The van der Waals surface area contributed by atoms with Gasteiger partial charge in [0.05, 0.1) is 6.61 Å². The number of piperazine rings is 1. The Bertz CT molecular complexity index is 1220. The lowest BCUT2D eigenvalue weighted by Crippen LogP contribution is -2.51. The Morgan fingerprint density at radius 1 is 1.00 bits per heavy atom. The largest absolute Gasteiger partial charge is 0.494 e. The van der Waals surface area contributed by atoms with Crippen LogP contribution in [0.1, 0.15) is 22.8 Å². The van der Waals surface area contributed by atoms with Crippen LogP contribution in [0.3, 0.4) is 0 Å². The quantitative estimate of drug-likeness (QED) is 0.398. The monoisotopic (exact) mass is 538 g/mol. The predicted molar refractivity (Wildman–Crippen MR) is 147 cm³/mol. The number of carbonyl (C=O) groups is 2. The van der Waals surface area contributed by atoms with Crippen LogP contribution in [-0.4, -0.2) is 72.5 Å². The molecule has 1 aliphatic heterocycles. The molecule has 3 aromatic carbocycles. The van der Waals surface area contributed by atoms with E-state index in [1.807, 2.05) is 31.2 Å². The van der Waals surface area contributed by atoms with Crippen LogP contribution in [0.4, 0.5) is 14.9 Å². The molecule has 200 valence electrons. The van der Waals surface area contributed by atoms with Crippen LogP contribution in [0, 0.1) is 5.82 Å². The molecule has 1 saturated heterocycles. The third kappa shape index (κ3) is 7.69. The number of nitrogens with zero attached hydrogens (tertiary/aromatic N) is 3. The van der Waals surface area contributed by atoms with E-state index in [-0.39, 0.29) is 17.8 Å². The third-order valence-corrected chi connectivity index (χ3v) is 6.64. The maximum atomic E-state index is 13.4. The lowest BCUT2D eigenvalue weighted by atomic mass is 10.1. The fourth-order valence-corrected chi connectivity index (χ4v) is 4.50. The van der Waals surface area contributed by atoms with Crippen LogP contribution < -0.4 is 10.1 Å². The maximum Gasteiger partial charge on any atom is 0.321 e. The number of hydrogen-bond acceptors (Lipinski definition) is 4. The van der Waals surface area contributed by atoms with E-state index in [1.54, 1.807) is 46.2 Å². The summed E-state index contributed by atoms with van der Waals surface area (Å²) < 4.78 is 18.8. The number of amides is 3. The van der Waals surface area contributed by atoms with Crippen molar-refractivity contribution >= 4 is 29.2 Å². The smallest absolute Gasteiger partial charge is 0.321 e. The molecule has 4 rings (SSSR count). The first-order valence-electron chi connectivity index (χ1n) is 12.7. The Morgan fingerprint density at radius 2 is 1.71 bits per heavy atom. The second kappa shape index (κ2) is 13.3. The van der Waals surface area contributed by atoms with Gasteiger partial charge in [0.25, 0.3) is 5.91 Å². The molecule has 0 atom stereocenters. The minimum Gasteiger partial charge on any atom is -0.494 e. The second-order valence-corrected chi connectivity index (χ2v) is 9.52. The summed E-state index contributed by atoms with van der Waals surface area (Å²) in [7, 11) is 0. The van der Waals surface area contributed by atoms with Gasteiger partial charge in [-0.05, 0) is 67.1 Å².